The van der Waals surface area contributed by atoms with Gasteiger partial charge in [0, 0.05) is 50.2 Å². The minimum atomic E-state index is -0.437. The fourth-order valence-electron chi connectivity index (χ4n) is 4.52. The summed E-state index contributed by atoms with van der Waals surface area (Å²) in [6, 6.07) is 7.22. The maximum absolute atomic E-state index is 14.4. The molecule has 2 aromatic heterocycles. The first-order chi connectivity index (χ1) is 14.6. The Labute approximate surface area is 173 Å². The molecule has 0 spiro atoms. The van der Waals surface area contributed by atoms with Crippen LogP contribution in [0.25, 0.3) is 5.52 Å². The van der Waals surface area contributed by atoms with Crippen molar-refractivity contribution in [3.63, 3.8) is 0 Å². The Balaban J connectivity index is 1.50. The lowest BCUT2D eigenvalue weighted by molar-refractivity contribution is 0.0737. The average Bonchev–Trinajstić information content (AvgIpc) is 3.42. The molecule has 2 saturated heterocycles. The number of anilines is 1. The number of carbonyl (C=O) groups excluding carboxylic acids is 1. The van der Waals surface area contributed by atoms with Crippen LogP contribution in [-0.2, 0) is 0 Å². The number of piperazine rings is 1. The van der Waals surface area contributed by atoms with Crippen molar-refractivity contribution in [1.29, 1.82) is 0 Å². The minimum absolute atomic E-state index is 0.0298. The van der Waals surface area contributed by atoms with Crippen molar-refractivity contribution in [3.8, 4) is 0 Å². The molecule has 6 nitrogen and oxygen atoms in total. The number of rotatable bonds is 3. The van der Waals surface area contributed by atoms with E-state index in [2.05, 4.69) is 15.3 Å². The predicted octanol–water partition coefficient (Wildman–Crippen LogP) is 3.00. The number of hydrogen-bond acceptors (Lipinski definition) is 4. The second kappa shape index (κ2) is 7.68. The van der Waals surface area contributed by atoms with Gasteiger partial charge in [0.1, 0.15) is 11.6 Å². The fourth-order valence-corrected chi connectivity index (χ4v) is 4.52. The summed E-state index contributed by atoms with van der Waals surface area (Å²) in [4.78, 5) is 16.9. The van der Waals surface area contributed by atoms with E-state index in [1.165, 1.54) is 12.1 Å². The zero-order valence-corrected chi connectivity index (χ0v) is 16.5. The Morgan fingerprint density at radius 3 is 2.77 bits per heavy atom. The van der Waals surface area contributed by atoms with E-state index in [9.17, 15) is 13.6 Å². The zero-order chi connectivity index (χ0) is 20.7. The van der Waals surface area contributed by atoms with Crippen LogP contribution in [0.1, 0.15) is 34.8 Å². The van der Waals surface area contributed by atoms with Gasteiger partial charge in [-0.1, -0.05) is 0 Å². The lowest BCUT2D eigenvalue weighted by atomic mass is 10.0. The zero-order valence-electron chi connectivity index (χ0n) is 16.5. The van der Waals surface area contributed by atoms with Gasteiger partial charge in [-0.3, -0.25) is 4.79 Å². The van der Waals surface area contributed by atoms with Gasteiger partial charge in [0.2, 0.25) is 0 Å². The number of hydrogen-bond donors (Lipinski definition) is 1. The molecule has 2 aliphatic rings. The molecule has 3 aromatic rings. The monoisotopic (exact) mass is 411 g/mol. The van der Waals surface area contributed by atoms with Crippen molar-refractivity contribution >= 4 is 17.1 Å². The van der Waals surface area contributed by atoms with Crippen LogP contribution in [0, 0.1) is 11.6 Å². The molecule has 0 bridgehead atoms. The lowest BCUT2D eigenvalue weighted by Gasteiger charge is -2.28. The van der Waals surface area contributed by atoms with E-state index in [1.54, 1.807) is 10.7 Å². The first kappa shape index (κ1) is 19.0. The van der Waals surface area contributed by atoms with Crippen molar-refractivity contribution in [2.75, 3.05) is 37.6 Å². The Bertz CT molecular complexity index is 1090. The van der Waals surface area contributed by atoms with E-state index >= 15 is 0 Å². The predicted molar refractivity (Wildman–Crippen MR) is 110 cm³/mol. The van der Waals surface area contributed by atoms with Crippen LogP contribution in [0.15, 0.2) is 42.7 Å². The molecule has 1 amide bonds. The number of nitrogens with one attached hydrogen (secondary N) is 1. The van der Waals surface area contributed by atoms with Gasteiger partial charge >= 0.3 is 0 Å². The molecular weight excluding hydrogens is 388 g/mol. The van der Waals surface area contributed by atoms with Gasteiger partial charge in [-0.15, -0.1) is 0 Å². The fraction of sp³-hybridized carbons (Fsp3) is 0.364. The number of pyridine rings is 1. The minimum Gasteiger partial charge on any atom is -0.364 e. The van der Waals surface area contributed by atoms with Crippen molar-refractivity contribution in [1.82, 2.24) is 19.8 Å². The topological polar surface area (TPSA) is 52.9 Å². The smallest absolute Gasteiger partial charge is 0.257 e. The highest BCUT2D eigenvalue weighted by Gasteiger charge is 2.29. The van der Waals surface area contributed by atoms with E-state index in [1.807, 2.05) is 23.2 Å². The van der Waals surface area contributed by atoms with Crippen molar-refractivity contribution in [2.24, 2.45) is 0 Å². The number of halogens is 2. The average molecular weight is 411 g/mol. The summed E-state index contributed by atoms with van der Waals surface area (Å²) in [5.41, 5.74) is 2.54. The van der Waals surface area contributed by atoms with Crippen molar-refractivity contribution < 1.29 is 13.6 Å². The maximum Gasteiger partial charge on any atom is 0.257 e. The molecule has 1 aromatic carbocycles. The molecule has 30 heavy (non-hydrogen) atoms. The van der Waals surface area contributed by atoms with Crippen LogP contribution in [0.4, 0.5) is 14.5 Å². The second-order valence-corrected chi connectivity index (χ2v) is 7.83. The molecule has 5 rings (SSSR count). The number of aromatic nitrogens is 2. The van der Waals surface area contributed by atoms with Crippen LogP contribution in [-0.4, -0.2) is 53.1 Å². The van der Waals surface area contributed by atoms with Gasteiger partial charge in [-0.2, -0.15) is 5.10 Å². The number of amides is 1. The van der Waals surface area contributed by atoms with E-state index in [-0.39, 0.29) is 11.9 Å². The Hall–Kier alpha value is -3.00. The van der Waals surface area contributed by atoms with Crippen LogP contribution < -0.4 is 10.2 Å². The molecule has 0 aliphatic carbocycles. The lowest BCUT2D eigenvalue weighted by Crippen LogP contribution is -2.46. The summed E-state index contributed by atoms with van der Waals surface area (Å²) in [6.07, 6.45) is 5.06. The number of benzene rings is 1. The van der Waals surface area contributed by atoms with Crippen LogP contribution in [0.2, 0.25) is 0 Å². The molecule has 0 saturated carbocycles. The standard InChI is InChI=1S/C22H23F2N5O/c23-15-3-4-19(24)17(12-15)20-2-1-8-28(20)16-5-9-29-21(13-16)18(14-26-29)22(30)27-10-6-25-7-11-27/h3-5,9,12-14,20,25H,1-2,6-8,10-11H2. The van der Waals surface area contributed by atoms with E-state index in [0.29, 0.717) is 24.2 Å². The molecule has 2 aliphatic heterocycles. The molecule has 8 heteroatoms. The third-order valence-corrected chi connectivity index (χ3v) is 6.04. The summed E-state index contributed by atoms with van der Waals surface area (Å²) >= 11 is 0. The third-order valence-electron chi connectivity index (χ3n) is 6.04. The van der Waals surface area contributed by atoms with Crippen LogP contribution in [0.5, 0.6) is 0 Å². The van der Waals surface area contributed by atoms with Crippen molar-refractivity contribution in [3.05, 3.63) is 65.5 Å². The molecule has 0 radical (unpaired) electrons. The highest BCUT2D eigenvalue weighted by Crippen LogP contribution is 2.38. The molecule has 1 atom stereocenters. The summed E-state index contributed by atoms with van der Waals surface area (Å²) < 4.78 is 29.9. The molecule has 1 N–H and O–H groups in total. The SMILES string of the molecule is O=C(c1cnn2ccc(N3CCCC3c3cc(F)ccc3F)cc12)N1CCNCC1. The number of fused-ring (bicyclic) bond motifs is 1. The van der Waals surface area contributed by atoms with Gasteiger partial charge in [-0.05, 0) is 43.2 Å². The molecule has 156 valence electrons. The first-order valence-electron chi connectivity index (χ1n) is 10.3. The quantitative estimate of drug-likeness (QED) is 0.720. The summed E-state index contributed by atoms with van der Waals surface area (Å²) in [5.74, 6) is -0.862. The van der Waals surface area contributed by atoms with Gasteiger partial charge in [0.15, 0.2) is 0 Å². The Kier molecular flexibility index (Phi) is 4.86. The summed E-state index contributed by atoms with van der Waals surface area (Å²) in [6.45, 7) is 3.65. The second-order valence-electron chi connectivity index (χ2n) is 7.83. The van der Waals surface area contributed by atoms with Crippen LogP contribution >= 0.6 is 0 Å². The maximum atomic E-state index is 14.4. The number of carbonyl (C=O) groups is 1. The molecular formula is C22H23F2N5O. The highest BCUT2D eigenvalue weighted by molar-refractivity contribution is 6.01. The third kappa shape index (κ3) is 3.31. The summed E-state index contributed by atoms with van der Waals surface area (Å²) in [7, 11) is 0. The Morgan fingerprint density at radius 2 is 1.93 bits per heavy atom. The van der Waals surface area contributed by atoms with Gasteiger partial charge in [0.25, 0.3) is 5.91 Å². The van der Waals surface area contributed by atoms with Gasteiger partial charge < -0.3 is 15.1 Å². The van der Waals surface area contributed by atoms with Crippen molar-refractivity contribution in [2.45, 2.75) is 18.9 Å². The normalized spacial score (nSPS) is 19.6. The number of nitrogens with zero attached hydrogens (tertiary/aromatic N) is 4. The molecule has 1 unspecified atom stereocenters. The summed E-state index contributed by atoms with van der Waals surface area (Å²) in [5, 5.41) is 7.58. The van der Waals surface area contributed by atoms with E-state index in [4.69, 9.17) is 0 Å². The first-order valence-corrected chi connectivity index (χ1v) is 10.3. The van der Waals surface area contributed by atoms with E-state index in [0.717, 1.165) is 49.7 Å². The largest absolute Gasteiger partial charge is 0.364 e. The highest BCUT2D eigenvalue weighted by atomic mass is 19.1. The molecule has 2 fully saturated rings. The van der Waals surface area contributed by atoms with Crippen LogP contribution in [0.3, 0.4) is 0 Å². The van der Waals surface area contributed by atoms with Gasteiger partial charge in [-0.25, -0.2) is 13.3 Å². The van der Waals surface area contributed by atoms with Gasteiger partial charge in [0.05, 0.1) is 23.3 Å². The Morgan fingerprint density at radius 1 is 1.10 bits per heavy atom. The molecule has 4 heterocycles. The van der Waals surface area contributed by atoms with E-state index < -0.39 is 11.6 Å².